The van der Waals surface area contributed by atoms with Crippen LogP contribution in [0.4, 0.5) is 0 Å². The number of carboxylic acid groups (broad SMARTS) is 2. The highest BCUT2D eigenvalue weighted by Gasteiger charge is 2.21. The second kappa shape index (κ2) is 23.0. The monoisotopic (exact) mass is 790 g/mol. The highest BCUT2D eigenvalue weighted by atomic mass is 32.2. The Labute approximate surface area is 324 Å². The first-order valence-electron chi connectivity index (χ1n) is 18.3. The highest BCUT2D eigenvalue weighted by Crippen LogP contribution is 2.33. The number of ether oxygens (including phenoxy) is 3. The molecule has 0 unspecified atom stereocenters. The number of carbonyl (C=O) groups is 3. The molecule has 3 aromatic rings. The molecule has 0 aliphatic carbocycles. The van der Waals surface area contributed by atoms with E-state index in [-0.39, 0.29) is 32.1 Å². The molecule has 19 heteroatoms. The van der Waals surface area contributed by atoms with Crippen molar-refractivity contribution in [1.82, 2.24) is 39.9 Å². The zero-order chi connectivity index (χ0) is 39.6. The number of amides is 1. The second-order valence-corrected chi connectivity index (χ2v) is 14.1. The number of pyridine rings is 1. The number of rotatable bonds is 20. The van der Waals surface area contributed by atoms with Crippen LogP contribution in [0.5, 0.6) is 17.2 Å². The van der Waals surface area contributed by atoms with E-state index in [0.717, 1.165) is 46.9 Å². The predicted octanol–water partition coefficient (Wildman–Crippen LogP) is 0.634. The lowest BCUT2D eigenvalue weighted by Gasteiger charge is -2.33. The van der Waals surface area contributed by atoms with Gasteiger partial charge in [-0.2, -0.15) is 0 Å². The van der Waals surface area contributed by atoms with Gasteiger partial charge in [-0.15, -0.1) is 0 Å². The van der Waals surface area contributed by atoms with Gasteiger partial charge < -0.3 is 44.9 Å². The summed E-state index contributed by atoms with van der Waals surface area (Å²) in [6.07, 6.45) is 2.54. The molecule has 2 aromatic heterocycles. The molecule has 0 spiro atoms. The van der Waals surface area contributed by atoms with Crippen LogP contribution >= 0.6 is 11.8 Å². The molecule has 0 bridgehead atoms. The van der Waals surface area contributed by atoms with Crippen molar-refractivity contribution in [2.45, 2.75) is 36.5 Å². The molecule has 0 radical (unpaired) electrons. The van der Waals surface area contributed by atoms with Crippen molar-refractivity contribution < 1.29 is 49.0 Å². The van der Waals surface area contributed by atoms with Crippen LogP contribution in [0, 0.1) is 0 Å². The first-order valence-corrected chi connectivity index (χ1v) is 19.3. The average molecular weight is 791 g/mol. The number of fused-ring (bicyclic) bond motifs is 1. The average Bonchev–Trinajstić information content (AvgIpc) is 3.56. The topological polar surface area (TPSA) is 226 Å². The van der Waals surface area contributed by atoms with Crippen LogP contribution in [0.2, 0.25) is 0 Å². The lowest BCUT2D eigenvalue weighted by atomic mass is 10.2. The van der Waals surface area contributed by atoms with Gasteiger partial charge in [0.25, 0.3) is 0 Å². The Balaban J connectivity index is 1.19. The molecule has 1 fully saturated rings. The molecule has 0 saturated carbocycles. The van der Waals surface area contributed by atoms with E-state index in [1.54, 1.807) is 36.3 Å². The molecule has 4 rings (SSSR count). The minimum absolute atomic E-state index is 0.0199. The van der Waals surface area contributed by atoms with E-state index in [1.165, 1.54) is 11.8 Å². The third kappa shape index (κ3) is 15.4. The molecular formula is C36H54N8O10S. The van der Waals surface area contributed by atoms with Gasteiger partial charge in [-0.25, -0.2) is 4.98 Å². The first kappa shape index (κ1) is 43.5. The van der Waals surface area contributed by atoms with E-state index in [4.69, 9.17) is 14.2 Å². The van der Waals surface area contributed by atoms with Crippen molar-refractivity contribution in [3.05, 3.63) is 36.2 Å². The smallest absolute Gasteiger partial charge is 0.317 e. The number of carbonyl (C=O) groups excluding carboxylic acids is 1. The maximum absolute atomic E-state index is 12.9. The lowest BCUT2D eigenvalue weighted by Crippen LogP contribution is -2.50. The Bertz CT molecular complexity index is 1660. The van der Waals surface area contributed by atoms with Gasteiger partial charge >= 0.3 is 11.9 Å². The van der Waals surface area contributed by atoms with Gasteiger partial charge in [0.15, 0.2) is 22.9 Å². The Morgan fingerprint density at radius 3 is 2.09 bits per heavy atom. The van der Waals surface area contributed by atoms with Crippen LogP contribution in [0.1, 0.15) is 25.0 Å². The minimum Gasteiger partial charge on any atom is -0.494 e. The number of carboxylic acids is 2. The maximum atomic E-state index is 12.9. The summed E-state index contributed by atoms with van der Waals surface area (Å²) >= 11 is 1.51. The van der Waals surface area contributed by atoms with E-state index in [1.807, 2.05) is 28.0 Å². The highest BCUT2D eigenvalue weighted by molar-refractivity contribution is 7.98. The van der Waals surface area contributed by atoms with E-state index in [2.05, 4.69) is 20.3 Å². The second-order valence-electron chi connectivity index (χ2n) is 13.2. The van der Waals surface area contributed by atoms with E-state index in [0.29, 0.717) is 82.8 Å². The maximum Gasteiger partial charge on any atom is 0.317 e. The predicted molar refractivity (Wildman–Crippen MR) is 205 cm³/mol. The normalized spacial score (nSPS) is 15.7. The molecule has 3 heterocycles. The zero-order valence-corrected chi connectivity index (χ0v) is 32.3. The molecule has 1 saturated heterocycles. The van der Waals surface area contributed by atoms with E-state index in [9.17, 15) is 34.8 Å². The summed E-state index contributed by atoms with van der Waals surface area (Å²) in [4.78, 5) is 55.5. The van der Waals surface area contributed by atoms with Crippen molar-refractivity contribution in [2.24, 2.45) is 0 Å². The number of thioether (sulfide) groups is 1. The number of nitrogens with zero attached hydrogens (tertiary/aromatic N) is 6. The lowest BCUT2D eigenvalue weighted by molar-refractivity contribution is -0.140. The fraction of sp³-hybridized carbons (Fsp3) is 0.583. The molecule has 0 atom stereocenters. The number of β-amino-alcohol motifs (C(OH)–C–C–N with tert-alkyl or cyclic N) is 2. The van der Waals surface area contributed by atoms with Crippen LogP contribution in [0.25, 0.3) is 11.0 Å². The molecule has 55 heavy (non-hydrogen) atoms. The van der Waals surface area contributed by atoms with Crippen LogP contribution in [-0.4, -0.2) is 185 Å². The number of aromatic nitrogens is 3. The molecule has 18 nitrogen and oxygen atoms in total. The van der Waals surface area contributed by atoms with Gasteiger partial charge in [0.1, 0.15) is 5.75 Å². The third-order valence-electron chi connectivity index (χ3n) is 8.99. The van der Waals surface area contributed by atoms with Gasteiger partial charge in [-0.1, -0.05) is 11.8 Å². The number of imidazole rings is 1. The number of aromatic amines is 1. The summed E-state index contributed by atoms with van der Waals surface area (Å²) in [5.74, 6) is 0.369. The number of hydrogen-bond acceptors (Lipinski definition) is 15. The van der Waals surface area contributed by atoms with Gasteiger partial charge in [-0.05, 0) is 31.4 Å². The summed E-state index contributed by atoms with van der Waals surface area (Å²) in [6.45, 7) is 3.72. The number of H-pyrrole nitrogens is 1. The van der Waals surface area contributed by atoms with Gasteiger partial charge in [0.2, 0.25) is 5.91 Å². The number of aliphatic hydroxyl groups is 2. The Morgan fingerprint density at radius 2 is 1.49 bits per heavy atom. The molecule has 304 valence electrons. The van der Waals surface area contributed by atoms with E-state index >= 15 is 0 Å². The number of aliphatic carboxylic acids is 2. The standard InChI is InChI=1S/C36H54N8O10S/c1-52-30-8-10-37-29(35(30)53-2)25-55-36-39-27-7-6-26(20-28(27)40-36)54-19-5-3-4-9-38-31(45)21-41-11-13-42(22-32(46)47)15-17-44(24-34(50)51)18-16-43(14-12-41)23-33(48)49/h6-8,10,20,32,46-47H,3-5,9,11-19,21-25H2,1-2H3,(H,38,45)(H,39,40)(H,48,49)(H,50,51). The van der Waals surface area contributed by atoms with Crippen LogP contribution in [0.3, 0.4) is 0 Å². The van der Waals surface area contributed by atoms with Crippen molar-refractivity contribution in [2.75, 3.05) is 106 Å². The summed E-state index contributed by atoms with van der Waals surface area (Å²) in [6, 6.07) is 7.49. The summed E-state index contributed by atoms with van der Waals surface area (Å²) < 4.78 is 16.8. The number of methoxy groups -OCH3 is 2. The Morgan fingerprint density at radius 1 is 0.855 bits per heavy atom. The van der Waals surface area contributed by atoms with Gasteiger partial charge in [0.05, 0.1) is 57.2 Å². The fourth-order valence-electron chi connectivity index (χ4n) is 6.14. The quantitative estimate of drug-likeness (QED) is 0.0524. The molecule has 1 amide bonds. The largest absolute Gasteiger partial charge is 0.494 e. The first-order chi connectivity index (χ1) is 26.5. The van der Waals surface area contributed by atoms with Crippen molar-refractivity contribution >= 4 is 40.6 Å². The molecular weight excluding hydrogens is 737 g/mol. The minimum atomic E-state index is -1.56. The summed E-state index contributed by atoms with van der Waals surface area (Å²) in [7, 11) is 3.18. The van der Waals surface area contributed by atoms with Crippen molar-refractivity contribution in [3.8, 4) is 17.2 Å². The van der Waals surface area contributed by atoms with Crippen molar-refractivity contribution in [3.63, 3.8) is 0 Å². The molecule has 1 aromatic carbocycles. The SMILES string of the molecule is COc1ccnc(CSc2nc3ccc(OCCCCCNC(=O)CN4CCN(CC(=O)O)CCN(CC(=O)O)CCN(CC(O)O)CC4)cc3[nH]2)c1OC. The third-order valence-corrected chi connectivity index (χ3v) is 9.88. The molecule has 1 aliphatic heterocycles. The number of unbranched alkanes of at least 4 members (excludes halogenated alkanes) is 2. The zero-order valence-electron chi connectivity index (χ0n) is 31.5. The Kier molecular flexibility index (Phi) is 18.2. The van der Waals surface area contributed by atoms with Gasteiger partial charge in [-0.3, -0.25) is 39.0 Å². The van der Waals surface area contributed by atoms with Crippen LogP contribution in [0.15, 0.2) is 35.6 Å². The Hall–Kier alpha value is -4.24. The number of hydrogen-bond donors (Lipinski definition) is 6. The fourth-order valence-corrected chi connectivity index (χ4v) is 6.97. The summed E-state index contributed by atoms with van der Waals surface area (Å²) in [5, 5.41) is 41.8. The summed E-state index contributed by atoms with van der Waals surface area (Å²) in [5.41, 5.74) is 2.45. The van der Waals surface area contributed by atoms with Crippen LogP contribution < -0.4 is 19.5 Å². The number of aliphatic hydroxyl groups excluding tert-OH is 1. The van der Waals surface area contributed by atoms with Gasteiger partial charge in [0, 0.05) is 89.5 Å². The molecule has 1 aliphatic rings. The van der Waals surface area contributed by atoms with Crippen molar-refractivity contribution in [1.29, 1.82) is 0 Å². The molecule has 6 N–H and O–H groups in total. The van der Waals surface area contributed by atoms with E-state index < -0.39 is 18.2 Å². The number of benzene rings is 1. The van der Waals surface area contributed by atoms with Crippen LogP contribution in [-0.2, 0) is 20.1 Å². The number of nitrogens with one attached hydrogen (secondary N) is 2.